The number of aliphatic hydroxyl groups is 2. The van der Waals surface area contributed by atoms with Crippen molar-refractivity contribution in [1.82, 2.24) is 14.9 Å². The van der Waals surface area contributed by atoms with Gasteiger partial charge in [-0.1, -0.05) is 91.9 Å². The predicted octanol–water partition coefficient (Wildman–Crippen LogP) is 13.4. The van der Waals surface area contributed by atoms with Crippen LogP contribution in [0.15, 0.2) is 140 Å². The van der Waals surface area contributed by atoms with E-state index in [4.69, 9.17) is 32.0 Å². The van der Waals surface area contributed by atoms with Crippen molar-refractivity contribution in [3.05, 3.63) is 198 Å². The first kappa shape index (κ1) is 52.9. The number of pyridine rings is 2. The molecule has 2 bridgehead atoms. The molecular weight excluding hydrogens is 992 g/mol. The van der Waals surface area contributed by atoms with E-state index in [1.165, 1.54) is 43.9 Å². The molecule has 2 saturated heterocycles. The van der Waals surface area contributed by atoms with Crippen molar-refractivity contribution in [3.63, 3.8) is 0 Å². The van der Waals surface area contributed by atoms with E-state index in [1.54, 1.807) is 110 Å². The van der Waals surface area contributed by atoms with Crippen molar-refractivity contribution < 1.29 is 27.8 Å². The van der Waals surface area contributed by atoms with Gasteiger partial charge in [-0.3, -0.25) is 14.5 Å². The molecule has 13 heteroatoms. The number of benzene rings is 4. The van der Waals surface area contributed by atoms with E-state index in [0.29, 0.717) is 84.4 Å². The quantitative estimate of drug-likeness (QED) is 0.128. The number of halogens is 4. The first-order valence-corrected chi connectivity index (χ1v) is 26.1. The highest BCUT2D eigenvalue weighted by Crippen LogP contribution is 2.37. The van der Waals surface area contributed by atoms with Crippen LogP contribution in [-0.4, -0.2) is 48.9 Å². The topological polar surface area (TPSA) is 130 Å². The van der Waals surface area contributed by atoms with Gasteiger partial charge in [-0.15, -0.1) is 0 Å². The fourth-order valence-electron chi connectivity index (χ4n) is 10.1. The van der Waals surface area contributed by atoms with E-state index in [0.717, 1.165) is 56.1 Å². The summed E-state index contributed by atoms with van der Waals surface area (Å²) in [6.07, 6.45) is 14.7. The first-order chi connectivity index (χ1) is 36.2. The summed E-state index contributed by atoms with van der Waals surface area (Å²) in [5.74, 6) is 11.4. The fraction of sp³-hybridized carbons (Fsp3) is 0.290. The van der Waals surface area contributed by atoms with Gasteiger partial charge in [0.15, 0.2) is 22.5 Å². The van der Waals surface area contributed by atoms with Crippen LogP contribution in [-0.2, 0) is 6.54 Å². The molecule has 6 heterocycles. The van der Waals surface area contributed by atoms with Gasteiger partial charge in [0.25, 0.3) is 0 Å². The zero-order valence-electron chi connectivity index (χ0n) is 41.6. The summed E-state index contributed by atoms with van der Waals surface area (Å²) in [6, 6.07) is 30.8. The Bertz CT molecular complexity index is 3590. The van der Waals surface area contributed by atoms with Crippen molar-refractivity contribution in [2.45, 2.75) is 115 Å². The van der Waals surface area contributed by atoms with Crippen LogP contribution < -0.4 is 10.9 Å². The number of piperidine rings is 1. The van der Waals surface area contributed by atoms with Crippen molar-refractivity contribution in [2.24, 2.45) is 0 Å². The Morgan fingerprint density at radius 2 is 1.12 bits per heavy atom. The summed E-state index contributed by atoms with van der Waals surface area (Å²) in [6.45, 7) is 4.37. The Balaban J connectivity index is 0.000000159. The number of aliphatic hydroxyl groups excluding tert-OH is 1. The maximum Gasteiger partial charge on any atom is 0.193 e. The second-order valence-corrected chi connectivity index (χ2v) is 20.4. The van der Waals surface area contributed by atoms with Gasteiger partial charge in [-0.05, 0) is 148 Å². The molecule has 0 amide bonds. The van der Waals surface area contributed by atoms with E-state index in [2.05, 4.69) is 45.5 Å². The highest BCUT2D eigenvalue weighted by Gasteiger charge is 2.40. The smallest absolute Gasteiger partial charge is 0.193 e. The van der Waals surface area contributed by atoms with Crippen LogP contribution in [0.4, 0.5) is 8.78 Å². The van der Waals surface area contributed by atoms with Gasteiger partial charge in [-0.25, -0.2) is 18.7 Å². The highest BCUT2D eigenvalue weighted by atomic mass is 35.5. The molecule has 9 nitrogen and oxygen atoms in total. The Morgan fingerprint density at radius 3 is 1.60 bits per heavy atom. The van der Waals surface area contributed by atoms with Crippen LogP contribution in [0.25, 0.3) is 44.2 Å². The summed E-state index contributed by atoms with van der Waals surface area (Å²) in [4.78, 5) is 35.6. The summed E-state index contributed by atoms with van der Waals surface area (Å²) in [5, 5.41) is 22.0. The van der Waals surface area contributed by atoms with Gasteiger partial charge in [0.2, 0.25) is 0 Å². The lowest BCUT2D eigenvalue weighted by molar-refractivity contribution is 0.0211. The molecule has 2 aliphatic heterocycles. The molecule has 1 aliphatic carbocycles. The molecule has 0 spiro atoms. The van der Waals surface area contributed by atoms with Crippen molar-refractivity contribution in [3.8, 4) is 45.9 Å². The summed E-state index contributed by atoms with van der Waals surface area (Å²) < 4.78 is 40.7. The third-order valence-corrected chi connectivity index (χ3v) is 14.7. The predicted molar refractivity (Wildman–Crippen MR) is 291 cm³/mol. The molecule has 75 heavy (non-hydrogen) atoms. The Morgan fingerprint density at radius 1 is 0.640 bits per heavy atom. The van der Waals surface area contributed by atoms with Crippen molar-refractivity contribution >= 4 is 45.1 Å². The van der Waals surface area contributed by atoms with Gasteiger partial charge < -0.3 is 19.0 Å². The van der Waals surface area contributed by atoms with E-state index in [-0.39, 0.29) is 34.0 Å². The largest absolute Gasteiger partial charge is 0.461 e. The highest BCUT2D eigenvalue weighted by molar-refractivity contribution is 6.31. The second kappa shape index (κ2) is 23.7. The molecule has 382 valence electrons. The van der Waals surface area contributed by atoms with Gasteiger partial charge in [0, 0.05) is 68.9 Å². The number of hydrogen-bond donors (Lipinski definition) is 2. The molecule has 4 aromatic carbocycles. The van der Waals surface area contributed by atoms with Gasteiger partial charge >= 0.3 is 0 Å². The zero-order valence-corrected chi connectivity index (χ0v) is 43.2. The molecule has 11 rings (SSSR count). The zero-order chi connectivity index (χ0) is 52.6. The number of nitrogens with zero attached hydrogens (tertiary/aromatic N) is 3. The lowest BCUT2D eigenvalue weighted by Gasteiger charge is -2.36. The van der Waals surface area contributed by atoms with Crippen molar-refractivity contribution in [2.75, 3.05) is 0 Å². The number of rotatable bonds is 5. The molecule has 1 saturated carbocycles. The monoisotopic (exact) mass is 1050 g/mol. The minimum atomic E-state index is -0.524. The van der Waals surface area contributed by atoms with E-state index >= 15 is 0 Å². The van der Waals surface area contributed by atoms with Crippen molar-refractivity contribution in [1.29, 1.82) is 0 Å². The maximum atomic E-state index is 14.7. The number of fused-ring (bicyclic) bond motifs is 4. The molecule has 3 fully saturated rings. The molecule has 2 atom stereocenters. The Hall–Kier alpha value is -6.96. The number of aryl methyl sites for hydroxylation is 1. The minimum absolute atomic E-state index is 0.0291. The minimum Gasteiger partial charge on any atom is -0.461 e. The fourth-order valence-corrected chi connectivity index (χ4v) is 10.3. The molecule has 2 N–H and O–H groups in total. The lowest BCUT2D eigenvalue weighted by Crippen LogP contribution is -2.44. The summed E-state index contributed by atoms with van der Waals surface area (Å²) >= 11 is 11.8. The Kier molecular flexibility index (Phi) is 16.7. The van der Waals surface area contributed by atoms with Crippen LogP contribution in [0.5, 0.6) is 0 Å². The normalized spacial score (nSPS) is 17.8. The third-order valence-electron chi connectivity index (χ3n) is 14.2. The van der Waals surface area contributed by atoms with Crippen LogP contribution in [0.1, 0.15) is 112 Å². The van der Waals surface area contributed by atoms with Crippen LogP contribution in [0.2, 0.25) is 10.0 Å². The molecule has 0 radical (unpaired) electrons. The first-order valence-electron chi connectivity index (χ1n) is 25.3. The second-order valence-electron chi connectivity index (χ2n) is 19.5. The standard InChI is InChI=1S/C30H24ClFN2O3.C23H13ClFNO2.C9H18O/c31-21-5-3-19(4-6-21)20-12-27(32)28(33-16-20)9-1-18-2-10-30-26(11-18)29(36)15-25(37-30)17-34-22-7-8-23(34)14-24(35)13-22;1-14-10-22(27)19-11-15(3-9-23(19)28-14)2-8-21-20(25)12-17(13-26-21)16-4-6-18(24)7-5-16;1-2-9(10)7-5-3-4-6-8-9/h2-6,10-12,15-16,22-24,35H,7-8,13-14,17H2;3-7,9-13H,1H3;10H,2-8H2,1H3. The van der Waals surface area contributed by atoms with Gasteiger partial charge in [0.05, 0.1) is 29.0 Å². The molecular formula is C62H55Cl2F2N3O6. The average Bonchev–Trinajstić information content (AvgIpc) is 3.51. The lowest BCUT2D eigenvalue weighted by atomic mass is 9.92. The van der Waals surface area contributed by atoms with E-state index in [1.807, 2.05) is 0 Å². The number of hydrogen-bond acceptors (Lipinski definition) is 9. The molecule has 2 unspecified atom stereocenters. The van der Waals surface area contributed by atoms with Crippen LogP contribution >= 0.6 is 23.2 Å². The third kappa shape index (κ3) is 13.3. The SMILES string of the molecule is CCC1(O)CCCCCC1.Cc1cc(=O)c2cc(C#Cc3ncc(-c4ccc(Cl)cc4)cc3F)ccc2o1.O=c1cc(CN2C3CCC2CC(O)C3)oc2ccc(C#Cc3ncc(-c4ccc(Cl)cc4)cc3F)cc12. The Labute approximate surface area is 444 Å². The van der Waals surface area contributed by atoms with Crippen LogP contribution in [0.3, 0.4) is 0 Å². The van der Waals surface area contributed by atoms with E-state index < -0.39 is 11.6 Å². The molecule has 4 aromatic heterocycles. The summed E-state index contributed by atoms with van der Waals surface area (Å²) in [7, 11) is 0. The van der Waals surface area contributed by atoms with Gasteiger partial charge in [0.1, 0.15) is 34.1 Å². The summed E-state index contributed by atoms with van der Waals surface area (Å²) in [5.41, 5.74) is 4.51. The molecule has 8 aromatic rings. The number of aromatic nitrogens is 2. The molecule has 3 aliphatic rings. The average molecular weight is 1050 g/mol. The van der Waals surface area contributed by atoms with Gasteiger partial charge in [-0.2, -0.15) is 0 Å². The van der Waals surface area contributed by atoms with E-state index in [9.17, 15) is 28.6 Å². The van der Waals surface area contributed by atoms with Crippen LogP contribution in [0, 0.1) is 42.2 Å². The maximum absolute atomic E-state index is 14.7.